The molecule has 13 aromatic rings. The molecule has 0 aromatic heterocycles. The first-order valence-electron chi connectivity index (χ1n) is 44.9. The summed E-state index contributed by atoms with van der Waals surface area (Å²) in [5.74, 6) is -0.0932. The van der Waals surface area contributed by atoms with Gasteiger partial charge in [-0.3, -0.25) is 0 Å². The molecule has 552 valence electrons. The van der Waals surface area contributed by atoms with Crippen LogP contribution in [0.25, 0.3) is 129 Å². The highest BCUT2D eigenvalue weighted by Gasteiger charge is 2.33. The fourth-order valence-corrected chi connectivity index (χ4v) is 20.3. The zero-order valence-electron chi connectivity index (χ0n) is 66.2. The second-order valence-electron chi connectivity index (χ2n) is 34.1. The van der Waals surface area contributed by atoms with Crippen molar-refractivity contribution in [1.29, 1.82) is 0 Å². The number of benzene rings is 13. The summed E-state index contributed by atoms with van der Waals surface area (Å²) >= 11 is 0. The highest BCUT2D eigenvalue weighted by Crippen LogP contribution is 2.61. The van der Waals surface area contributed by atoms with E-state index in [0.717, 1.165) is 42.9 Å². The zero-order chi connectivity index (χ0) is 70.7. The van der Waals surface area contributed by atoms with Crippen LogP contribution < -0.4 is 0 Å². The molecule has 0 unspecified atom stereocenters. The lowest BCUT2D eigenvalue weighted by molar-refractivity contribution is 0.556. The standard InChI is InChI=1S/C102H137F/c1-6-11-16-21-26-31-36-41-46-51-56-73-61-79-81-63-74(57-52-47-42-37-32-27-22-17-12-7-2)65-83-85-67-76(59-54-49-44-39-34-29-24-19-14-9-4)69-87-89-71-78(103)72-90-88-70-77(60-55-50-45-40-35-30-25-20-15-10-5)68-86-84-66-75(58-53-48-43-38-33-28-23-18-13-8-3)64-82-80(62-73)91(79)97-98(92(81)83)100(94(85)87)102(96(89)90)101(95(86)88)99(97)93(82)84/h61-72H,6-60H2,1-5H3. The molecule has 0 heterocycles. The fraction of sp³-hybridized carbons (Fsp3) is 0.588. The lowest BCUT2D eigenvalue weighted by atomic mass is 9.72. The van der Waals surface area contributed by atoms with Gasteiger partial charge in [0.15, 0.2) is 0 Å². The van der Waals surface area contributed by atoms with Crippen LogP contribution >= 0.6 is 0 Å². The van der Waals surface area contributed by atoms with Gasteiger partial charge < -0.3 is 0 Å². The minimum absolute atomic E-state index is 0.0932. The van der Waals surface area contributed by atoms with Crippen LogP contribution in [-0.2, 0) is 32.1 Å². The van der Waals surface area contributed by atoms with E-state index < -0.39 is 0 Å². The van der Waals surface area contributed by atoms with Crippen LogP contribution in [0.4, 0.5) is 4.39 Å². The SMILES string of the molecule is CCCCCCCCCCCCc1cc2c3cc(F)cc4c5cc(CCCCCCCCCCCC)cc6c7cc(CCCCCCCCCCCC)cc8c9cc(CCCCCCCCCCCC)cc%10c%11cc(CCCCCCCCCCCC)cc%12c(c1)c2c1c(c34)c(c56)c(c78)c(c%109)c1c%12%11. The maximum absolute atomic E-state index is 17.7. The van der Waals surface area contributed by atoms with Crippen LogP contribution in [0, 0.1) is 5.82 Å². The molecule has 0 N–H and O–H groups in total. The summed E-state index contributed by atoms with van der Waals surface area (Å²) < 4.78 is 17.7. The lowest BCUT2D eigenvalue weighted by Gasteiger charge is -2.30. The van der Waals surface area contributed by atoms with Gasteiger partial charge in [-0.05, 0) is 233 Å². The van der Waals surface area contributed by atoms with Gasteiger partial charge in [0.25, 0.3) is 0 Å². The third kappa shape index (κ3) is 17.4. The molecule has 0 radical (unpaired) electrons. The van der Waals surface area contributed by atoms with Crippen molar-refractivity contribution in [2.45, 2.75) is 388 Å². The Morgan fingerprint density at radius 1 is 0.146 bits per heavy atom. The molecule has 1 heteroatoms. The summed E-state index contributed by atoms with van der Waals surface area (Å²) in [6, 6.07) is 31.0. The fourth-order valence-electron chi connectivity index (χ4n) is 20.3. The molecule has 0 aliphatic rings. The quantitative estimate of drug-likeness (QED) is 0.0202. The number of hydrogen-bond acceptors (Lipinski definition) is 0. The second-order valence-corrected chi connectivity index (χ2v) is 34.1. The van der Waals surface area contributed by atoms with E-state index in [2.05, 4.69) is 95.3 Å². The molecular formula is C102H137F. The van der Waals surface area contributed by atoms with Crippen molar-refractivity contribution in [3.63, 3.8) is 0 Å². The van der Waals surface area contributed by atoms with Crippen LogP contribution in [0.1, 0.15) is 383 Å². The van der Waals surface area contributed by atoms with Crippen LogP contribution in [-0.4, -0.2) is 0 Å². The molecular weight excluding hydrogens is 1240 g/mol. The van der Waals surface area contributed by atoms with Crippen molar-refractivity contribution in [2.24, 2.45) is 0 Å². The van der Waals surface area contributed by atoms with E-state index in [1.807, 2.05) is 12.1 Å². The molecule has 0 saturated heterocycles. The second kappa shape index (κ2) is 38.3. The van der Waals surface area contributed by atoms with Crippen molar-refractivity contribution in [1.82, 2.24) is 0 Å². The van der Waals surface area contributed by atoms with E-state index in [0.29, 0.717) is 0 Å². The number of aryl methyl sites for hydroxylation is 5. The van der Waals surface area contributed by atoms with Gasteiger partial charge in [-0.25, -0.2) is 4.39 Å². The van der Waals surface area contributed by atoms with Gasteiger partial charge in [-0.1, -0.05) is 384 Å². The molecule has 13 rings (SSSR count). The summed E-state index contributed by atoms with van der Waals surface area (Å²) in [7, 11) is 0. The Balaban J connectivity index is 0.999. The van der Waals surface area contributed by atoms with Gasteiger partial charge >= 0.3 is 0 Å². The Hall–Kier alpha value is -5.53. The predicted octanol–water partition coefficient (Wildman–Crippen LogP) is 34.6. The maximum Gasteiger partial charge on any atom is 0.124 e. The Labute approximate surface area is 624 Å². The normalized spacial score (nSPS) is 12.8. The molecule has 0 atom stereocenters. The molecule has 0 amide bonds. The highest BCUT2D eigenvalue weighted by molar-refractivity contribution is 6.61. The maximum atomic E-state index is 17.7. The van der Waals surface area contributed by atoms with Crippen LogP contribution in [0.5, 0.6) is 0 Å². The Kier molecular flexibility index (Phi) is 28.2. The minimum atomic E-state index is -0.0932. The zero-order valence-corrected chi connectivity index (χ0v) is 66.2. The summed E-state index contributed by atoms with van der Waals surface area (Å²) in [5.41, 5.74) is 7.44. The average molecular weight is 1380 g/mol. The summed E-state index contributed by atoms with van der Waals surface area (Å²) in [6.45, 7) is 11.7. The summed E-state index contributed by atoms with van der Waals surface area (Å²) in [6.07, 6.45) is 72.9. The molecule has 103 heavy (non-hydrogen) atoms. The molecule has 0 spiro atoms. The van der Waals surface area contributed by atoms with E-state index >= 15 is 4.39 Å². The average Bonchev–Trinajstić information content (AvgIpc) is 0.643. The number of rotatable bonds is 55. The van der Waals surface area contributed by atoms with Gasteiger partial charge in [0.2, 0.25) is 0 Å². The van der Waals surface area contributed by atoms with Crippen molar-refractivity contribution >= 4 is 129 Å². The van der Waals surface area contributed by atoms with Gasteiger partial charge in [-0.2, -0.15) is 0 Å². The van der Waals surface area contributed by atoms with Crippen molar-refractivity contribution in [3.8, 4) is 0 Å². The van der Waals surface area contributed by atoms with Gasteiger partial charge in [0.05, 0.1) is 0 Å². The van der Waals surface area contributed by atoms with E-state index in [-0.39, 0.29) is 5.82 Å². The Morgan fingerprint density at radius 3 is 0.398 bits per heavy atom. The topological polar surface area (TPSA) is 0 Å². The molecule has 0 saturated carbocycles. The van der Waals surface area contributed by atoms with Crippen molar-refractivity contribution < 1.29 is 4.39 Å². The number of hydrogen-bond donors (Lipinski definition) is 0. The molecule has 0 fully saturated rings. The van der Waals surface area contributed by atoms with Crippen LogP contribution in [0.3, 0.4) is 0 Å². The number of unbranched alkanes of at least 4 members (excludes halogenated alkanes) is 45. The van der Waals surface area contributed by atoms with E-state index in [4.69, 9.17) is 0 Å². The summed E-state index contributed by atoms with van der Waals surface area (Å²) in [5, 5.41) is 34.0. The van der Waals surface area contributed by atoms with E-state index in [1.54, 1.807) is 0 Å². The summed E-state index contributed by atoms with van der Waals surface area (Å²) in [4.78, 5) is 0. The van der Waals surface area contributed by atoms with Crippen LogP contribution in [0.15, 0.2) is 72.8 Å². The molecule has 0 nitrogen and oxygen atoms in total. The van der Waals surface area contributed by atoms with Gasteiger partial charge in [-0.15, -0.1) is 0 Å². The predicted molar refractivity (Wildman–Crippen MR) is 461 cm³/mol. The molecule has 0 bridgehead atoms. The number of fused-ring (bicyclic) bond motifs is 6. The third-order valence-electron chi connectivity index (χ3n) is 25.9. The Bertz CT molecular complexity index is 4370. The highest BCUT2D eigenvalue weighted by atomic mass is 19.1. The van der Waals surface area contributed by atoms with Crippen molar-refractivity contribution in [3.05, 3.63) is 106 Å². The van der Waals surface area contributed by atoms with Crippen LogP contribution in [0.2, 0.25) is 0 Å². The van der Waals surface area contributed by atoms with Gasteiger partial charge in [0, 0.05) is 0 Å². The monoisotopic (exact) mass is 1380 g/mol. The van der Waals surface area contributed by atoms with E-state index in [9.17, 15) is 0 Å². The number of halogens is 1. The van der Waals surface area contributed by atoms with Gasteiger partial charge in [0.1, 0.15) is 5.82 Å². The Morgan fingerprint density at radius 2 is 0.262 bits per heavy atom. The molecule has 13 aromatic carbocycles. The van der Waals surface area contributed by atoms with E-state index in [1.165, 1.54) is 467 Å². The van der Waals surface area contributed by atoms with Crippen molar-refractivity contribution in [2.75, 3.05) is 0 Å². The third-order valence-corrected chi connectivity index (χ3v) is 25.9. The lowest BCUT2D eigenvalue weighted by Crippen LogP contribution is -2.03. The minimum Gasteiger partial charge on any atom is -0.207 e. The molecule has 0 aliphatic heterocycles. The molecule has 0 aliphatic carbocycles. The first kappa shape index (κ1) is 75.7. The first-order chi connectivity index (χ1) is 51.0. The smallest absolute Gasteiger partial charge is 0.124 e. The largest absolute Gasteiger partial charge is 0.207 e. The first-order valence-corrected chi connectivity index (χ1v) is 44.9.